The minimum Gasteiger partial charge on any atom is -0.269 e. The highest BCUT2D eigenvalue weighted by Gasteiger charge is 2.06. The summed E-state index contributed by atoms with van der Waals surface area (Å²) in [6, 6.07) is 11.7. The van der Waals surface area contributed by atoms with Crippen molar-refractivity contribution in [3.8, 4) is 11.3 Å². The van der Waals surface area contributed by atoms with E-state index in [2.05, 4.69) is 9.97 Å². The zero-order valence-corrected chi connectivity index (χ0v) is 11.4. The molecule has 6 nitrogen and oxygen atoms in total. The molecule has 0 aliphatic carbocycles. The summed E-state index contributed by atoms with van der Waals surface area (Å²) in [5.41, 5.74) is 1.97. The molecule has 0 aliphatic rings. The zero-order chi connectivity index (χ0) is 15.1. The molecule has 0 saturated heterocycles. The molecule has 4 aromatic heterocycles. The number of fused-ring (bicyclic) bond motifs is 2. The van der Waals surface area contributed by atoms with Crippen molar-refractivity contribution in [1.29, 1.82) is 0 Å². The monoisotopic (exact) mass is 290 g/mol. The first-order valence-electron chi connectivity index (χ1n) is 6.69. The van der Waals surface area contributed by atoms with Gasteiger partial charge in [0.2, 0.25) is 0 Å². The molecule has 0 fully saturated rings. The summed E-state index contributed by atoms with van der Waals surface area (Å²) in [4.78, 5) is 32.6. The van der Waals surface area contributed by atoms with Gasteiger partial charge in [-0.1, -0.05) is 6.07 Å². The summed E-state index contributed by atoms with van der Waals surface area (Å²) in [6.07, 6.45) is 4.78. The summed E-state index contributed by atoms with van der Waals surface area (Å²) in [5, 5.41) is 0. The van der Waals surface area contributed by atoms with Crippen molar-refractivity contribution in [2.75, 3.05) is 0 Å². The second-order valence-corrected chi connectivity index (χ2v) is 4.84. The van der Waals surface area contributed by atoms with E-state index < -0.39 is 0 Å². The van der Waals surface area contributed by atoms with Gasteiger partial charge in [0.15, 0.2) is 0 Å². The van der Waals surface area contributed by atoms with Gasteiger partial charge >= 0.3 is 0 Å². The number of aromatic nitrogens is 4. The first-order chi connectivity index (χ1) is 10.7. The highest BCUT2D eigenvalue weighted by Crippen LogP contribution is 2.16. The van der Waals surface area contributed by atoms with Crippen molar-refractivity contribution < 1.29 is 0 Å². The molecule has 0 bridgehead atoms. The zero-order valence-electron chi connectivity index (χ0n) is 11.4. The van der Waals surface area contributed by atoms with E-state index in [9.17, 15) is 9.59 Å². The Labute approximate surface area is 124 Å². The third-order valence-electron chi connectivity index (χ3n) is 3.46. The van der Waals surface area contributed by atoms with Crippen LogP contribution in [0, 0.1) is 0 Å². The van der Waals surface area contributed by atoms with E-state index in [4.69, 9.17) is 0 Å². The maximum Gasteiger partial charge on any atom is 0.258 e. The molecule has 22 heavy (non-hydrogen) atoms. The number of rotatable bonds is 1. The van der Waals surface area contributed by atoms with Gasteiger partial charge in [0.25, 0.3) is 11.1 Å². The molecule has 0 N–H and O–H groups in total. The van der Waals surface area contributed by atoms with Crippen LogP contribution < -0.4 is 11.1 Å². The van der Waals surface area contributed by atoms with Crippen molar-refractivity contribution in [3.63, 3.8) is 0 Å². The molecule has 0 radical (unpaired) electrons. The largest absolute Gasteiger partial charge is 0.269 e. The van der Waals surface area contributed by atoms with Crippen LogP contribution >= 0.6 is 0 Å². The molecule has 0 unspecified atom stereocenters. The van der Waals surface area contributed by atoms with Gasteiger partial charge in [-0.3, -0.25) is 18.4 Å². The SMILES string of the molecule is O=c1ccnc2ccc(-c3cc(=O)n4ccccc4n3)cn12. The minimum atomic E-state index is -0.177. The van der Waals surface area contributed by atoms with Gasteiger partial charge in [0, 0.05) is 36.3 Å². The van der Waals surface area contributed by atoms with E-state index >= 15 is 0 Å². The fraction of sp³-hybridized carbons (Fsp3) is 0. The van der Waals surface area contributed by atoms with Crippen molar-refractivity contribution in [1.82, 2.24) is 18.8 Å². The van der Waals surface area contributed by atoms with Gasteiger partial charge in [0.1, 0.15) is 11.3 Å². The lowest BCUT2D eigenvalue weighted by molar-refractivity contribution is 1.03. The average molecular weight is 290 g/mol. The molecule has 0 aliphatic heterocycles. The standard InChI is InChI=1S/C16H10N4O2/c21-15-6-7-17-13-5-4-11(10-20(13)15)12-9-16(22)19-8-2-1-3-14(19)18-12/h1-10H. The van der Waals surface area contributed by atoms with Crippen LogP contribution in [0.5, 0.6) is 0 Å². The molecule has 6 heteroatoms. The van der Waals surface area contributed by atoms with Crippen LogP contribution in [-0.4, -0.2) is 18.8 Å². The lowest BCUT2D eigenvalue weighted by atomic mass is 10.2. The predicted octanol–water partition coefficient (Wildman–Crippen LogP) is 1.37. The van der Waals surface area contributed by atoms with E-state index in [1.807, 2.05) is 6.07 Å². The molecular weight excluding hydrogens is 280 g/mol. The highest BCUT2D eigenvalue weighted by molar-refractivity contribution is 5.62. The summed E-state index contributed by atoms with van der Waals surface area (Å²) in [5.74, 6) is 0. The van der Waals surface area contributed by atoms with E-state index in [0.717, 1.165) is 0 Å². The quantitative estimate of drug-likeness (QED) is 0.531. The van der Waals surface area contributed by atoms with Gasteiger partial charge in [-0.05, 0) is 24.3 Å². The van der Waals surface area contributed by atoms with Gasteiger partial charge in [-0.25, -0.2) is 9.97 Å². The summed E-state index contributed by atoms with van der Waals surface area (Å²) >= 11 is 0. The summed E-state index contributed by atoms with van der Waals surface area (Å²) in [7, 11) is 0. The highest BCUT2D eigenvalue weighted by atomic mass is 16.1. The summed E-state index contributed by atoms with van der Waals surface area (Å²) in [6.45, 7) is 0. The number of pyridine rings is 2. The molecule has 4 aromatic rings. The van der Waals surface area contributed by atoms with Crippen LogP contribution in [0.3, 0.4) is 0 Å². The fourth-order valence-corrected chi connectivity index (χ4v) is 2.39. The Kier molecular flexibility index (Phi) is 2.62. The average Bonchev–Trinajstić information content (AvgIpc) is 2.55. The topological polar surface area (TPSA) is 68.7 Å². The maximum atomic E-state index is 12.1. The molecule has 0 atom stereocenters. The molecule has 4 rings (SSSR count). The third kappa shape index (κ3) is 1.89. The van der Waals surface area contributed by atoms with Crippen molar-refractivity contribution in [3.05, 3.63) is 81.8 Å². The van der Waals surface area contributed by atoms with Crippen molar-refractivity contribution in [2.24, 2.45) is 0 Å². The Balaban J connectivity index is 2.01. The predicted molar refractivity (Wildman–Crippen MR) is 81.9 cm³/mol. The Bertz CT molecular complexity index is 1130. The van der Waals surface area contributed by atoms with Crippen LogP contribution in [0.2, 0.25) is 0 Å². The van der Waals surface area contributed by atoms with Crippen LogP contribution in [0.4, 0.5) is 0 Å². The van der Waals surface area contributed by atoms with Gasteiger partial charge in [-0.15, -0.1) is 0 Å². The van der Waals surface area contributed by atoms with Crippen LogP contribution in [0.1, 0.15) is 0 Å². The number of hydrogen-bond donors (Lipinski definition) is 0. The Hall–Kier alpha value is -3.28. The van der Waals surface area contributed by atoms with Crippen LogP contribution in [0.15, 0.2) is 70.6 Å². The van der Waals surface area contributed by atoms with E-state index in [1.54, 1.807) is 36.7 Å². The van der Waals surface area contributed by atoms with Gasteiger partial charge < -0.3 is 0 Å². The fourth-order valence-electron chi connectivity index (χ4n) is 2.39. The lowest BCUT2D eigenvalue weighted by Crippen LogP contribution is -2.15. The Morgan fingerprint density at radius 1 is 0.864 bits per heavy atom. The normalized spacial score (nSPS) is 11.1. The lowest BCUT2D eigenvalue weighted by Gasteiger charge is -2.05. The van der Waals surface area contributed by atoms with Gasteiger partial charge in [0.05, 0.1) is 5.69 Å². The first-order valence-corrected chi connectivity index (χ1v) is 6.69. The maximum absolute atomic E-state index is 12.1. The third-order valence-corrected chi connectivity index (χ3v) is 3.46. The van der Waals surface area contributed by atoms with E-state index in [1.165, 1.54) is 27.1 Å². The van der Waals surface area contributed by atoms with Crippen LogP contribution in [-0.2, 0) is 0 Å². The molecule has 106 valence electrons. The van der Waals surface area contributed by atoms with Crippen LogP contribution in [0.25, 0.3) is 22.6 Å². The van der Waals surface area contributed by atoms with Crippen molar-refractivity contribution in [2.45, 2.75) is 0 Å². The molecule has 0 amide bonds. The molecule has 0 spiro atoms. The number of nitrogens with zero attached hydrogens (tertiary/aromatic N) is 4. The van der Waals surface area contributed by atoms with Crippen molar-refractivity contribution >= 4 is 11.3 Å². The Morgan fingerprint density at radius 3 is 2.68 bits per heavy atom. The molecule has 0 aromatic carbocycles. The molecule has 4 heterocycles. The first kappa shape index (κ1) is 12.5. The van der Waals surface area contributed by atoms with E-state index in [-0.39, 0.29) is 11.1 Å². The molecule has 0 saturated carbocycles. The second-order valence-electron chi connectivity index (χ2n) is 4.84. The Morgan fingerprint density at radius 2 is 1.77 bits per heavy atom. The summed E-state index contributed by atoms with van der Waals surface area (Å²) < 4.78 is 2.90. The smallest absolute Gasteiger partial charge is 0.258 e. The minimum absolute atomic E-state index is 0.167. The second kappa shape index (κ2) is 4.63. The van der Waals surface area contributed by atoms with Gasteiger partial charge in [-0.2, -0.15) is 0 Å². The van der Waals surface area contributed by atoms with E-state index in [0.29, 0.717) is 22.6 Å². The molecular formula is C16H10N4O2. The number of hydrogen-bond acceptors (Lipinski definition) is 4.